The summed E-state index contributed by atoms with van der Waals surface area (Å²) in [5, 5.41) is 3.26. The summed E-state index contributed by atoms with van der Waals surface area (Å²) < 4.78 is 5.25. The third-order valence-electron chi connectivity index (χ3n) is 3.20. The summed E-state index contributed by atoms with van der Waals surface area (Å²) in [6.45, 7) is 1.55. The van der Waals surface area contributed by atoms with Crippen molar-refractivity contribution in [3.05, 3.63) is 29.3 Å². The fourth-order valence-corrected chi connectivity index (χ4v) is 1.98. The maximum Gasteiger partial charge on any atom is 0.338 e. The summed E-state index contributed by atoms with van der Waals surface area (Å²) in [5.41, 5.74) is 3.04. The summed E-state index contributed by atoms with van der Waals surface area (Å²) >= 11 is 0. The Labute approximate surface area is 94.8 Å². The van der Waals surface area contributed by atoms with Crippen molar-refractivity contribution in [1.29, 1.82) is 0 Å². The van der Waals surface area contributed by atoms with Crippen molar-refractivity contribution in [3.8, 4) is 0 Å². The van der Waals surface area contributed by atoms with Gasteiger partial charge in [0.15, 0.2) is 0 Å². The molecule has 16 heavy (non-hydrogen) atoms. The fourth-order valence-electron chi connectivity index (χ4n) is 1.98. The molecule has 1 aliphatic heterocycles. The van der Waals surface area contributed by atoms with Gasteiger partial charge in [0, 0.05) is 12.2 Å². The Hall–Kier alpha value is -1.51. The zero-order valence-corrected chi connectivity index (χ0v) is 9.16. The minimum Gasteiger partial charge on any atom is -0.462 e. The summed E-state index contributed by atoms with van der Waals surface area (Å²) in [6, 6.07) is 5.78. The highest BCUT2D eigenvalue weighted by Gasteiger charge is 2.23. The number of hydrogen-bond donors (Lipinski definition) is 1. The molecule has 0 atom stereocenters. The van der Waals surface area contributed by atoms with Crippen LogP contribution in [0.2, 0.25) is 0 Å². The zero-order chi connectivity index (χ0) is 11.0. The molecule has 2 aliphatic rings. The molecule has 0 amide bonds. The molecule has 1 aromatic carbocycles. The van der Waals surface area contributed by atoms with Crippen LogP contribution in [-0.2, 0) is 11.2 Å². The van der Waals surface area contributed by atoms with E-state index in [4.69, 9.17) is 4.74 Å². The molecule has 3 nitrogen and oxygen atoms in total. The first kappa shape index (κ1) is 9.70. The van der Waals surface area contributed by atoms with E-state index in [-0.39, 0.29) is 5.97 Å². The lowest BCUT2D eigenvalue weighted by atomic mass is 10.1. The van der Waals surface area contributed by atoms with Crippen molar-refractivity contribution < 1.29 is 9.53 Å². The van der Waals surface area contributed by atoms with Crippen LogP contribution in [0.5, 0.6) is 0 Å². The molecule has 3 rings (SSSR count). The standard InChI is InChI=1S/C13H15NO2/c15-13(16-8-9-1-2-9)11-4-3-10-5-6-14-12(10)7-11/h3-4,7,9,14H,1-2,5-6,8H2. The maximum atomic E-state index is 11.7. The Balaban J connectivity index is 1.70. The lowest BCUT2D eigenvalue weighted by Crippen LogP contribution is -2.07. The van der Waals surface area contributed by atoms with Gasteiger partial charge >= 0.3 is 5.97 Å². The molecule has 0 spiro atoms. The average Bonchev–Trinajstić information content (AvgIpc) is 3.01. The molecule has 0 saturated heterocycles. The van der Waals surface area contributed by atoms with Crippen molar-refractivity contribution in [2.45, 2.75) is 19.3 Å². The number of nitrogens with one attached hydrogen (secondary N) is 1. The first-order chi connectivity index (χ1) is 7.83. The Morgan fingerprint density at radius 1 is 1.44 bits per heavy atom. The molecule has 0 aromatic heterocycles. The maximum absolute atomic E-state index is 11.7. The van der Waals surface area contributed by atoms with Gasteiger partial charge in [-0.05, 0) is 42.9 Å². The number of rotatable bonds is 3. The van der Waals surface area contributed by atoms with E-state index in [2.05, 4.69) is 5.32 Å². The van der Waals surface area contributed by atoms with Crippen molar-refractivity contribution in [2.75, 3.05) is 18.5 Å². The van der Waals surface area contributed by atoms with Gasteiger partial charge < -0.3 is 10.1 Å². The van der Waals surface area contributed by atoms with Gasteiger partial charge in [-0.25, -0.2) is 4.79 Å². The third-order valence-corrected chi connectivity index (χ3v) is 3.20. The van der Waals surface area contributed by atoms with E-state index < -0.39 is 0 Å². The minimum absolute atomic E-state index is 0.191. The number of carbonyl (C=O) groups excluding carboxylic acids is 1. The highest BCUT2D eigenvalue weighted by molar-refractivity contribution is 5.91. The van der Waals surface area contributed by atoms with Crippen LogP contribution in [-0.4, -0.2) is 19.1 Å². The second-order valence-electron chi connectivity index (χ2n) is 4.59. The summed E-state index contributed by atoms with van der Waals surface area (Å²) in [6.07, 6.45) is 3.46. The van der Waals surface area contributed by atoms with Crippen LogP contribution >= 0.6 is 0 Å². The zero-order valence-electron chi connectivity index (χ0n) is 9.16. The lowest BCUT2D eigenvalue weighted by molar-refractivity contribution is 0.0486. The van der Waals surface area contributed by atoms with Crippen molar-refractivity contribution in [2.24, 2.45) is 5.92 Å². The number of fused-ring (bicyclic) bond motifs is 1. The second-order valence-corrected chi connectivity index (χ2v) is 4.59. The SMILES string of the molecule is O=C(OCC1CC1)c1ccc2c(c1)NCC2. The van der Waals surface area contributed by atoms with Gasteiger partial charge in [-0.2, -0.15) is 0 Å². The molecule has 1 N–H and O–H groups in total. The van der Waals surface area contributed by atoms with E-state index in [1.165, 1.54) is 18.4 Å². The predicted octanol–water partition coefficient (Wildman–Crippen LogP) is 2.22. The van der Waals surface area contributed by atoms with E-state index in [9.17, 15) is 4.79 Å². The van der Waals surface area contributed by atoms with Crippen LogP contribution in [0.15, 0.2) is 18.2 Å². The molecule has 3 heteroatoms. The van der Waals surface area contributed by atoms with E-state index in [0.29, 0.717) is 18.1 Å². The average molecular weight is 217 g/mol. The number of hydrogen-bond acceptors (Lipinski definition) is 3. The van der Waals surface area contributed by atoms with Crippen molar-refractivity contribution >= 4 is 11.7 Å². The van der Waals surface area contributed by atoms with Gasteiger partial charge in [-0.15, -0.1) is 0 Å². The molecule has 0 bridgehead atoms. The summed E-state index contributed by atoms with van der Waals surface area (Å²) in [7, 11) is 0. The van der Waals surface area contributed by atoms with Gasteiger partial charge in [0.25, 0.3) is 0 Å². The summed E-state index contributed by atoms with van der Waals surface area (Å²) in [5.74, 6) is 0.430. The number of ether oxygens (including phenoxy) is 1. The highest BCUT2D eigenvalue weighted by Crippen LogP contribution is 2.29. The Morgan fingerprint density at radius 3 is 3.12 bits per heavy atom. The highest BCUT2D eigenvalue weighted by atomic mass is 16.5. The Morgan fingerprint density at radius 2 is 2.31 bits per heavy atom. The first-order valence-electron chi connectivity index (χ1n) is 5.87. The molecular formula is C13H15NO2. The lowest BCUT2D eigenvalue weighted by Gasteiger charge is -2.05. The first-order valence-corrected chi connectivity index (χ1v) is 5.87. The number of esters is 1. The van der Waals surface area contributed by atoms with E-state index >= 15 is 0 Å². The van der Waals surface area contributed by atoms with Gasteiger partial charge in [0.1, 0.15) is 0 Å². The molecule has 0 radical (unpaired) electrons. The number of benzene rings is 1. The van der Waals surface area contributed by atoms with Crippen LogP contribution < -0.4 is 5.32 Å². The van der Waals surface area contributed by atoms with Crippen LogP contribution in [0.25, 0.3) is 0 Å². The fraction of sp³-hybridized carbons (Fsp3) is 0.462. The monoisotopic (exact) mass is 217 g/mol. The third kappa shape index (κ3) is 1.90. The van der Waals surface area contributed by atoms with Gasteiger partial charge in [-0.1, -0.05) is 6.07 Å². The molecule has 1 fully saturated rings. The topological polar surface area (TPSA) is 38.3 Å². The Bertz CT molecular complexity index is 424. The minimum atomic E-state index is -0.191. The second kappa shape index (κ2) is 3.81. The van der Waals surface area contributed by atoms with E-state index in [1.807, 2.05) is 18.2 Å². The summed E-state index contributed by atoms with van der Waals surface area (Å²) in [4.78, 5) is 11.7. The van der Waals surface area contributed by atoms with Crippen molar-refractivity contribution in [1.82, 2.24) is 0 Å². The van der Waals surface area contributed by atoms with Crippen molar-refractivity contribution in [3.63, 3.8) is 0 Å². The molecule has 1 aliphatic carbocycles. The molecule has 1 aromatic rings. The molecule has 0 unspecified atom stereocenters. The molecular weight excluding hydrogens is 202 g/mol. The number of carbonyl (C=O) groups is 1. The Kier molecular flexibility index (Phi) is 2.31. The largest absolute Gasteiger partial charge is 0.462 e. The normalized spacial score (nSPS) is 17.8. The molecule has 1 heterocycles. The van der Waals surface area contributed by atoms with Crippen LogP contribution in [0.4, 0.5) is 5.69 Å². The van der Waals surface area contributed by atoms with Gasteiger partial charge in [-0.3, -0.25) is 0 Å². The predicted molar refractivity (Wildman–Crippen MR) is 61.6 cm³/mol. The van der Waals surface area contributed by atoms with Gasteiger partial charge in [0.05, 0.1) is 12.2 Å². The van der Waals surface area contributed by atoms with Crippen LogP contribution in [0.1, 0.15) is 28.8 Å². The van der Waals surface area contributed by atoms with Crippen LogP contribution in [0, 0.1) is 5.92 Å². The van der Waals surface area contributed by atoms with Gasteiger partial charge in [0.2, 0.25) is 0 Å². The number of anilines is 1. The smallest absolute Gasteiger partial charge is 0.338 e. The molecule has 84 valence electrons. The quantitative estimate of drug-likeness (QED) is 0.789. The van der Waals surface area contributed by atoms with E-state index in [1.54, 1.807) is 0 Å². The van der Waals surface area contributed by atoms with E-state index in [0.717, 1.165) is 18.7 Å². The van der Waals surface area contributed by atoms with Crippen LogP contribution in [0.3, 0.4) is 0 Å². The molecule has 1 saturated carbocycles.